The van der Waals surface area contributed by atoms with Crippen LogP contribution in [0.3, 0.4) is 0 Å². The summed E-state index contributed by atoms with van der Waals surface area (Å²) in [4.78, 5) is 4.03. The second-order valence-corrected chi connectivity index (χ2v) is 6.68. The van der Waals surface area contributed by atoms with Crippen molar-refractivity contribution in [2.24, 2.45) is 0 Å². The molecule has 1 aliphatic rings. The zero-order valence-corrected chi connectivity index (χ0v) is 14.9. The fourth-order valence-electron chi connectivity index (χ4n) is 3.52. The third kappa shape index (κ3) is 3.83. The number of anilines is 1. The average Bonchev–Trinajstić information content (AvgIpc) is 2.63. The van der Waals surface area contributed by atoms with Crippen LogP contribution in [0.15, 0.2) is 48.5 Å². The Labute approximate surface area is 148 Å². The van der Waals surface area contributed by atoms with Crippen LogP contribution in [0, 0.1) is 0 Å². The topological polar surface area (TPSA) is 44.6 Å². The lowest BCUT2D eigenvalue weighted by Crippen LogP contribution is -3.16. The van der Waals surface area contributed by atoms with Gasteiger partial charge in [0.1, 0.15) is 12.3 Å². The lowest BCUT2D eigenvalue weighted by atomic mass is 10.0. The first-order valence-electron chi connectivity index (χ1n) is 8.49. The van der Waals surface area contributed by atoms with Crippen LogP contribution in [0.2, 0.25) is 5.02 Å². The minimum atomic E-state index is 0.442. The molecule has 0 spiro atoms. The summed E-state index contributed by atoms with van der Waals surface area (Å²) in [5.74, 6) is 0.905. The standard InChI is InChI=1S/C19H24ClN3O/c1-24-18-7-5-15(6-8-18)19(14-21)23-11-9-22(10-12-23)17-4-2-3-16(20)13-17/h2-8,13,19H,9-12,14,21H2,1H3/p+2/t19-/m0/s1. The highest BCUT2D eigenvalue weighted by Crippen LogP contribution is 2.20. The van der Waals surface area contributed by atoms with E-state index in [4.69, 9.17) is 16.3 Å². The van der Waals surface area contributed by atoms with Gasteiger partial charge in [-0.25, -0.2) is 0 Å². The molecule has 3 rings (SSSR count). The first-order valence-corrected chi connectivity index (χ1v) is 8.87. The molecule has 1 heterocycles. The van der Waals surface area contributed by atoms with Crippen molar-refractivity contribution in [3.05, 3.63) is 59.1 Å². The molecule has 1 atom stereocenters. The van der Waals surface area contributed by atoms with Gasteiger partial charge in [0.2, 0.25) is 0 Å². The molecule has 1 saturated heterocycles. The second kappa shape index (κ2) is 7.88. The van der Waals surface area contributed by atoms with Crippen LogP contribution >= 0.6 is 11.6 Å². The van der Waals surface area contributed by atoms with Crippen LogP contribution in [0.1, 0.15) is 11.6 Å². The maximum absolute atomic E-state index is 6.12. The van der Waals surface area contributed by atoms with Crippen LogP contribution in [0.4, 0.5) is 5.69 Å². The Morgan fingerprint density at radius 2 is 1.88 bits per heavy atom. The largest absolute Gasteiger partial charge is 0.497 e. The summed E-state index contributed by atoms with van der Waals surface area (Å²) in [7, 11) is 1.70. The molecule has 1 fully saturated rings. The molecule has 4 nitrogen and oxygen atoms in total. The Hall–Kier alpha value is -1.75. The van der Waals surface area contributed by atoms with Crippen LogP contribution in [-0.2, 0) is 0 Å². The molecule has 0 saturated carbocycles. The van der Waals surface area contributed by atoms with E-state index in [1.807, 2.05) is 24.3 Å². The summed E-state index contributed by atoms with van der Waals surface area (Å²) < 4.78 is 5.26. The van der Waals surface area contributed by atoms with Gasteiger partial charge in [0.25, 0.3) is 0 Å². The van der Waals surface area contributed by atoms with Gasteiger partial charge in [-0.2, -0.15) is 0 Å². The van der Waals surface area contributed by atoms with Gasteiger partial charge in [-0.3, -0.25) is 0 Å². The van der Waals surface area contributed by atoms with E-state index in [0.29, 0.717) is 6.04 Å². The van der Waals surface area contributed by atoms with Crippen molar-refractivity contribution in [1.29, 1.82) is 0 Å². The van der Waals surface area contributed by atoms with E-state index in [0.717, 1.165) is 43.5 Å². The van der Waals surface area contributed by atoms with Crippen molar-refractivity contribution in [2.75, 3.05) is 44.7 Å². The van der Waals surface area contributed by atoms with E-state index in [9.17, 15) is 0 Å². The fourth-order valence-corrected chi connectivity index (χ4v) is 3.70. The van der Waals surface area contributed by atoms with E-state index in [1.54, 1.807) is 12.0 Å². The third-order valence-corrected chi connectivity index (χ3v) is 5.11. The van der Waals surface area contributed by atoms with Crippen molar-refractivity contribution < 1.29 is 15.4 Å². The zero-order chi connectivity index (χ0) is 16.9. The number of nitrogens with zero attached hydrogens (tertiary/aromatic N) is 1. The van der Waals surface area contributed by atoms with Crippen molar-refractivity contribution in [2.45, 2.75) is 6.04 Å². The number of hydrogen-bond donors (Lipinski definition) is 2. The second-order valence-electron chi connectivity index (χ2n) is 6.24. The molecule has 0 radical (unpaired) electrons. The third-order valence-electron chi connectivity index (χ3n) is 4.88. The highest BCUT2D eigenvalue weighted by molar-refractivity contribution is 6.30. The number of piperazine rings is 1. The van der Waals surface area contributed by atoms with Crippen LogP contribution in [-0.4, -0.2) is 39.8 Å². The van der Waals surface area contributed by atoms with Crippen molar-refractivity contribution in [1.82, 2.24) is 0 Å². The molecule has 4 N–H and O–H groups in total. The Morgan fingerprint density at radius 3 is 2.46 bits per heavy atom. The minimum absolute atomic E-state index is 0.442. The van der Waals surface area contributed by atoms with Gasteiger partial charge in [-0.05, 0) is 42.5 Å². The number of benzene rings is 2. The number of halogens is 1. The van der Waals surface area contributed by atoms with Crippen molar-refractivity contribution in [3.63, 3.8) is 0 Å². The normalized spacial score (nSPS) is 16.9. The Morgan fingerprint density at radius 1 is 1.17 bits per heavy atom. The predicted octanol–water partition coefficient (Wildman–Crippen LogP) is 1.04. The molecular formula is C19H26ClN3O+2. The summed E-state index contributed by atoms with van der Waals surface area (Å²) in [5, 5.41) is 0.802. The molecule has 0 amide bonds. The van der Waals surface area contributed by atoms with Gasteiger partial charge in [0.05, 0.1) is 33.3 Å². The van der Waals surface area contributed by atoms with Gasteiger partial charge >= 0.3 is 0 Å². The molecule has 0 unspecified atom stereocenters. The number of ether oxygens (including phenoxy) is 1. The number of methoxy groups -OCH3 is 1. The van der Waals surface area contributed by atoms with Gasteiger partial charge < -0.3 is 20.3 Å². The highest BCUT2D eigenvalue weighted by Gasteiger charge is 2.29. The van der Waals surface area contributed by atoms with Gasteiger partial charge in [0.15, 0.2) is 6.04 Å². The smallest absolute Gasteiger partial charge is 0.163 e. The summed E-state index contributed by atoms with van der Waals surface area (Å²) in [6.07, 6.45) is 0. The van der Waals surface area contributed by atoms with Gasteiger partial charge in [-0.1, -0.05) is 17.7 Å². The Balaban J connectivity index is 1.65. The molecule has 128 valence electrons. The first-order chi connectivity index (χ1) is 11.7. The van der Waals surface area contributed by atoms with E-state index >= 15 is 0 Å². The number of nitrogens with one attached hydrogen (secondary N) is 1. The molecule has 0 aromatic heterocycles. The molecule has 0 bridgehead atoms. The molecule has 0 aliphatic carbocycles. The quantitative estimate of drug-likeness (QED) is 0.848. The maximum atomic E-state index is 6.12. The minimum Gasteiger partial charge on any atom is -0.497 e. The molecule has 5 heteroatoms. The van der Waals surface area contributed by atoms with Gasteiger partial charge in [0, 0.05) is 16.3 Å². The lowest BCUT2D eigenvalue weighted by molar-refractivity contribution is -0.938. The molecule has 2 aromatic carbocycles. The molecule has 1 aliphatic heterocycles. The van der Waals surface area contributed by atoms with Gasteiger partial charge in [-0.15, -0.1) is 0 Å². The molecule has 24 heavy (non-hydrogen) atoms. The summed E-state index contributed by atoms with van der Waals surface area (Å²) in [6.45, 7) is 5.21. The predicted molar refractivity (Wildman–Crippen MR) is 97.9 cm³/mol. The van der Waals surface area contributed by atoms with Crippen molar-refractivity contribution >= 4 is 17.3 Å². The van der Waals surface area contributed by atoms with E-state index in [-0.39, 0.29) is 0 Å². The summed E-state index contributed by atoms with van der Waals surface area (Å²) >= 11 is 6.12. The SMILES string of the molecule is COc1ccc([C@H](C[NH3+])[NH+]2CCN(c3cccc(Cl)c3)CC2)cc1. The van der Waals surface area contributed by atoms with E-state index < -0.39 is 0 Å². The highest BCUT2D eigenvalue weighted by atomic mass is 35.5. The Bertz CT molecular complexity index is 654. The van der Waals surface area contributed by atoms with Crippen LogP contribution < -0.4 is 20.3 Å². The van der Waals surface area contributed by atoms with E-state index in [1.165, 1.54) is 11.3 Å². The monoisotopic (exact) mass is 347 g/mol. The van der Waals surface area contributed by atoms with Crippen LogP contribution in [0.5, 0.6) is 5.75 Å². The lowest BCUT2D eigenvalue weighted by Gasteiger charge is -2.36. The summed E-state index contributed by atoms with van der Waals surface area (Å²) in [6, 6.07) is 17.0. The molecular weight excluding hydrogens is 322 g/mol. The number of rotatable bonds is 5. The average molecular weight is 348 g/mol. The maximum Gasteiger partial charge on any atom is 0.163 e. The van der Waals surface area contributed by atoms with Crippen molar-refractivity contribution in [3.8, 4) is 5.75 Å². The van der Waals surface area contributed by atoms with E-state index in [2.05, 4.69) is 34.9 Å². The molecule has 2 aromatic rings. The first kappa shape index (κ1) is 17.1. The van der Waals surface area contributed by atoms with Crippen LogP contribution in [0.25, 0.3) is 0 Å². The fraction of sp³-hybridized carbons (Fsp3) is 0.368. The Kier molecular flexibility index (Phi) is 5.61. The number of quaternary nitrogens is 2. The zero-order valence-electron chi connectivity index (χ0n) is 14.2. The number of hydrogen-bond acceptors (Lipinski definition) is 2. The summed E-state index contributed by atoms with van der Waals surface area (Å²) in [5.41, 5.74) is 6.75.